The third-order valence-corrected chi connectivity index (χ3v) is 12.9. The van der Waals surface area contributed by atoms with Gasteiger partial charge in [0, 0.05) is 29.7 Å². The Morgan fingerprint density at radius 1 is 0.979 bits per heavy atom. The van der Waals surface area contributed by atoms with Gasteiger partial charge in [0.25, 0.3) is 5.91 Å². The summed E-state index contributed by atoms with van der Waals surface area (Å²) in [6.45, 7) is 14.4. The zero-order valence-corrected chi connectivity index (χ0v) is 28.3. The minimum absolute atomic E-state index is 0.00232. The van der Waals surface area contributed by atoms with Crippen molar-refractivity contribution < 1.29 is 19.5 Å². The molecule has 3 aromatic carbocycles. The maximum Gasteiger partial charge on any atom is 0.251 e. The second-order valence-electron chi connectivity index (χ2n) is 13.3. The van der Waals surface area contributed by atoms with Gasteiger partial charge < -0.3 is 19.8 Å². The van der Waals surface area contributed by atoms with Crippen LogP contribution in [-0.4, -0.2) is 69.5 Å². The van der Waals surface area contributed by atoms with Crippen LogP contribution in [0.1, 0.15) is 33.6 Å². The Balaban J connectivity index is 1.48. The van der Waals surface area contributed by atoms with E-state index in [1.54, 1.807) is 38.6 Å². The summed E-state index contributed by atoms with van der Waals surface area (Å²) in [4.78, 5) is 50.0. The van der Waals surface area contributed by atoms with Gasteiger partial charge in [0.15, 0.2) is 0 Å². The van der Waals surface area contributed by atoms with Crippen molar-refractivity contribution in [1.29, 1.82) is 0 Å². The molecule has 0 aromatic heterocycles. The highest BCUT2D eigenvalue weighted by molar-refractivity contribution is 8.02. The van der Waals surface area contributed by atoms with Gasteiger partial charge in [-0.05, 0) is 53.3 Å². The first-order chi connectivity index (χ1) is 22.7. The molecule has 7 nitrogen and oxygen atoms in total. The number of amides is 3. The van der Waals surface area contributed by atoms with Crippen LogP contribution in [0.2, 0.25) is 0 Å². The lowest BCUT2D eigenvalue weighted by atomic mass is 9.65. The number of thioether (sulfide) groups is 1. The minimum atomic E-state index is -0.857. The van der Waals surface area contributed by atoms with Crippen LogP contribution in [-0.2, 0) is 14.4 Å². The van der Waals surface area contributed by atoms with E-state index in [0.717, 1.165) is 35.0 Å². The smallest absolute Gasteiger partial charge is 0.251 e. The Hall–Kier alpha value is -3.88. The quantitative estimate of drug-likeness (QED) is 0.232. The third-order valence-electron chi connectivity index (χ3n) is 10.8. The van der Waals surface area contributed by atoms with Crippen LogP contribution in [0.5, 0.6) is 0 Å². The summed E-state index contributed by atoms with van der Waals surface area (Å²) in [5, 5.41) is 12.8. The van der Waals surface area contributed by atoms with E-state index in [-0.39, 0.29) is 48.0 Å². The first kappa shape index (κ1) is 33.0. The van der Waals surface area contributed by atoms with Gasteiger partial charge in [-0.15, -0.1) is 24.9 Å². The van der Waals surface area contributed by atoms with E-state index in [1.165, 1.54) is 0 Å². The molecule has 2 bridgehead atoms. The average Bonchev–Trinajstić information content (AvgIpc) is 3.69. The fourth-order valence-electron chi connectivity index (χ4n) is 8.38. The Morgan fingerprint density at radius 3 is 2.26 bits per heavy atom. The lowest BCUT2D eigenvalue weighted by Gasteiger charge is -2.43. The highest BCUT2D eigenvalue weighted by atomic mass is 32.2. The van der Waals surface area contributed by atoms with Crippen LogP contribution >= 0.6 is 11.8 Å². The van der Waals surface area contributed by atoms with Gasteiger partial charge in [-0.25, -0.2) is 0 Å². The van der Waals surface area contributed by atoms with Crippen LogP contribution in [0.25, 0.3) is 10.8 Å². The molecule has 3 unspecified atom stereocenters. The largest absolute Gasteiger partial charge is 0.394 e. The number of aliphatic hydroxyl groups is 1. The van der Waals surface area contributed by atoms with Crippen LogP contribution in [0.3, 0.4) is 0 Å². The second kappa shape index (κ2) is 13.3. The number of anilines is 2. The van der Waals surface area contributed by atoms with E-state index >= 15 is 4.79 Å². The summed E-state index contributed by atoms with van der Waals surface area (Å²) < 4.78 is -0.827. The number of carbonyl (C=O) groups excluding carboxylic acids is 3. The molecule has 0 radical (unpaired) electrons. The average molecular weight is 652 g/mol. The number of benzene rings is 3. The molecule has 6 rings (SSSR count). The molecule has 8 heteroatoms. The van der Waals surface area contributed by atoms with Gasteiger partial charge in [-0.3, -0.25) is 14.4 Å². The van der Waals surface area contributed by atoms with Crippen LogP contribution in [0, 0.1) is 23.7 Å². The monoisotopic (exact) mass is 651 g/mol. The van der Waals surface area contributed by atoms with Crippen molar-refractivity contribution in [1.82, 2.24) is 4.90 Å². The lowest BCUT2D eigenvalue weighted by Crippen LogP contribution is -2.60. The summed E-state index contributed by atoms with van der Waals surface area (Å²) >= 11 is 1.66. The summed E-state index contributed by atoms with van der Waals surface area (Å²) in [6.07, 6.45) is 4.87. The molecule has 3 aliphatic heterocycles. The van der Waals surface area contributed by atoms with Gasteiger partial charge in [0.2, 0.25) is 11.8 Å². The van der Waals surface area contributed by atoms with Crippen molar-refractivity contribution >= 4 is 51.6 Å². The first-order valence-electron chi connectivity index (χ1n) is 16.7. The molecule has 3 saturated heterocycles. The summed E-state index contributed by atoms with van der Waals surface area (Å²) in [7, 11) is 0. The number of carbonyl (C=O) groups is 3. The van der Waals surface area contributed by atoms with E-state index in [4.69, 9.17) is 0 Å². The number of hydrogen-bond acceptors (Lipinski definition) is 5. The van der Waals surface area contributed by atoms with E-state index in [2.05, 4.69) is 20.1 Å². The molecule has 3 aliphatic rings. The number of hydrogen-bond donors (Lipinski definition) is 1. The van der Waals surface area contributed by atoms with Gasteiger partial charge in [0.05, 0.1) is 29.2 Å². The van der Waals surface area contributed by atoms with Crippen molar-refractivity contribution in [2.45, 2.75) is 55.7 Å². The van der Waals surface area contributed by atoms with Gasteiger partial charge in [-0.2, -0.15) is 0 Å². The van der Waals surface area contributed by atoms with E-state index in [1.807, 2.05) is 86.6 Å². The molecule has 0 aliphatic carbocycles. The number of nitrogens with zero attached hydrogens (tertiary/aromatic N) is 3. The van der Waals surface area contributed by atoms with Crippen molar-refractivity contribution in [2.24, 2.45) is 23.7 Å². The molecule has 3 aromatic rings. The van der Waals surface area contributed by atoms with Crippen molar-refractivity contribution in [3.8, 4) is 0 Å². The Bertz CT molecular complexity index is 1680. The standard InChI is InChI=1S/C39H45N3O4S/c1-6-20-40(29-16-10-9-11-17-29)36(44)33-32-22-26(5)39(47-32)34(33)37(45)42(31(24-43)25(4)8-3)35(39)38(46)41(21-7-2)30-19-18-27-14-12-13-15-28(27)23-30/h6-7,9-19,23,25-26,31-35,43H,1-2,8,20-22,24H2,3-5H3/t25-,26?,31-,32-,33+,34-,35?,39?/m0/s1. The molecule has 1 spiro atoms. The maximum absolute atomic E-state index is 15.2. The number of rotatable bonds is 12. The van der Waals surface area contributed by atoms with Crippen molar-refractivity contribution in [2.75, 3.05) is 29.5 Å². The van der Waals surface area contributed by atoms with E-state index in [0.29, 0.717) is 6.54 Å². The predicted molar refractivity (Wildman–Crippen MR) is 191 cm³/mol. The molecular formula is C39H45N3O4S. The molecule has 246 valence electrons. The minimum Gasteiger partial charge on any atom is -0.394 e. The molecule has 47 heavy (non-hydrogen) atoms. The summed E-state index contributed by atoms with van der Waals surface area (Å²) in [5.74, 6) is -1.87. The number of fused-ring (bicyclic) bond motifs is 2. The normalized spacial score (nSPS) is 27.4. The van der Waals surface area contributed by atoms with Crippen LogP contribution in [0.15, 0.2) is 98.1 Å². The summed E-state index contributed by atoms with van der Waals surface area (Å²) in [6, 6.07) is 22.1. The molecule has 3 fully saturated rings. The van der Waals surface area contributed by atoms with Gasteiger partial charge >= 0.3 is 0 Å². The fraction of sp³-hybridized carbons (Fsp3) is 0.410. The second-order valence-corrected chi connectivity index (χ2v) is 14.8. The Morgan fingerprint density at radius 2 is 1.62 bits per heavy atom. The van der Waals surface area contributed by atoms with Gasteiger partial charge in [0.1, 0.15) is 6.04 Å². The SMILES string of the molecule is C=CCN(C(=O)C1N([C@@H](CO)[C@@H](C)CC)C(=O)[C@@H]2[C@H](C(=O)N(CC=C)c3ccccc3)[C@@H]3CC(C)C12S3)c1ccc2ccccc2c1. The highest BCUT2D eigenvalue weighted by Crippen LogP contribution is 2.69. The Kier molecular flexibility index (Phi) is 9.36. The van der Waals surface area contributed by atoms with Crippen molar-refractivity contribution in [3.05, 3.63) is 98.1 Å². The van der Waals surface area contributed by atoms with E-state index < -0.39 is 28.7 Å². The maximum atomic E-state index is 15.2. The molecular weight excluding hydrogens is 607 g/mol. The molecule has 0 saturated carbocycles. The van der Waals surface area contributed by atoms with Crippen LogP contribution < -0.4 is 9.80 Å². The first-order valence-corrected chi connectivity index (χ1v) is 17.6. The number of likely N-dealkylation sites (tertiary alicyclic amines) is 1. The predicted octanol–water partition coefficient (Wildman–Crippen LogP) is 6.32. The molecule has 3 heterocycles. The lowest BCUT2D eigenvalue weighted by molar-refractivity contribution is -0.143. The van der Waals surface area contributed by atoms with Crippen molar-refractivity contribution in [3.63, 3.8) is 0 Å². The Labute approximate surface area is 282 Å². The van der Waals surface area contributed by atoms with E-state index in [9.17, 15) is 14.7 Å². The number of para-hydroxylation sites is 1. The third kappa shape index (κ3) is 5.30. The summed E-state index contributed by atoms with van der Waals surface area (Å²) in [5.41, 5.74) is 1.48. The number of aliphatic hydroxyl groups excluding tert-OH is 1. The molecule has 3 amide bonds. The zero-order valence-electron chi connectivity index (χ0n) is 27.5. The molecule has 1 N–H and O–H groups in total. The highest BCUT2D eigenvalue weighted by Gasteiger charge is 2.77. The van der Waals surface area contributed by atoms with Crippen LogP contribution in [0.4, 0.5) is 11.4 Å². The fourth-order valence-corrected chi connectivity index (χ4v) is 10.8. The topological polar surface area (TPSA) is 81.2 Å². The zero-order chi connectivity index (χ0) is 33.5. The van der Waals surface area contributed by atoms with Gasteiger partial charge in [-0.1, -0.05) is 87.9 Å². The molecule has 8 atom stereocenters.